The van der Waals surface area contributed by atoms with Crippen LogP contribution in [0.1, 0.15) is 28.4 Å². The average Bonchev–Trinajstić information content (AvgIpc) is 2.36. The van der Waals surface area contributed by atoms with Gasteiger partial charge in [-0.3, -0.25) is 0 Å². The topological polar surface area (TPSA) is 29.5 Å². The van der Waals surface area contributed by atoms with E-state index >= 15 is 0 Å². The summed E-state index contributed by atoms with van der Waals surface area (Å²) in [5.74, 6) is -0.391. The molecule has 0 saturated carbocycles. The highest BCUT2D eigenvalue weighted by molar-refractivity contribution is 5.43. The molecule has 1 atom stereocenters. The van der Waals surface area contributed by atoms with Gasteiger partial charge in [0, 0.05) is 5.56 Å². The third kappa shape index (κ3) is 3.76. The number of aliphatic hydroxyl groups is 1. The summed E-state index contributed by atoms with van der Waals surface area (Å²) in [6.45, 7) is 3.71. The minimum Gasteiger partial charge on any atom is -0.405 e. The summed E-state index contributed by atoms with van der Waals surface area (Å²) in [5, 5.41) is 10.4. The fourth-order valence-corrected chi connectivity index (χ4v) is 2.22. The summed E-state index contributed by atoms with van der Waals surface area (Å²) in [5.41, 5.74) is 2.47. The zero-order valence-electron chi connectivity index (χ0n) is 11.6. The van der Waals surface area contributed by atoms with Crippen molar-refractivity contribution >= 4 is 0 Å². The second-order valence-electron chi connectivity index (χ2n) is 4.85. The Balaban J connectivity index is 2.41. The van der Waals surface area contributed by atoms with Crippen LogP contribution in [0.25, 0.3) is 0 Å². The second kappa shape index (κ2) is 5.77. The minimum atomic E-state index is -4.79. The van der Waals surface area contributed by atoms with Crippen LogP contribution in [0.3, 0.4) is 0 Å². The lowest BCUT2D eigenvalue weighted by atomic mass is 9.95. The van der Waals surface area contributed by atoms with E-state index in [0.29, 0.717) is 5.56 Å². The van der Waals surface area contributed by atoms with Crippen LogP contribution < -0.4 is 4.74 Å². The Labute approximate surface area is 120 Å². The molecule has 2 aromatic rings. The fourth-order valence-electron chi connectivity index (χ4n) is 2.22. The molecule has 21 heavy (non-hydrogen) atoms. The van der Waals surface area contributed by atoms with Gasteiger partial charge in [-0.2, -0.15) is 0 Å². The van der Waals surface area contributed by atoms with E-state index in [4.69, 9.17) is 0 Å². The lowest BCUT2D eigenvalue weighted by molar-refractivity contribution is -0.275. The first-order valence-electron chi connectivity index (χ1n) is 6.38. The predicted molar refractivity (Wildman–Crippen MR) is 73.1 cm³/mol. The van der Waals surface area contributed by atoms with Crippen molar-refractivity contribution < 1.29 is 23.0 Å². The van der Waals surface area contributed by atoms with Crippen molar-refractivity contribution in [3.05, 3.63) is 64.7 Å². The van der Waals surface area contributed by atoms with E-state index in [1.165, 1.54) is 18.2 Å². The number of ether oxygens (including phenoxy) is 1. The molecule has 0 fully saturated rings. The van der Waals surface area contributed by atoms with Crippen LogP contribution in [-0.2, 0) is 0 Å². The van der Waals surface area contributed by atoms with Gasteiger partial charge in [0.25, 0.3) is 0 Å². The maximum Gasteiger partial charge on any atom is 0.573 e. The van der Waals surface area contributed by atoms with E-state index in [1.54, 1.807) is 25.1 Å². The van der Waals surface area contributed by atoms with Crippen molar-refractivity contribution in [3.8, 4) is 5.75 Å². The Kier molecular flexibility index (Phi) is 4.23. The van der Waals surface area contributed by atoms with Crippen LogP contribution in [0.5, 0.6) is 5.75 Å². The summed E-state index contributed by atoms with van der Waals surface area (Å²) in [7, 11) is 0. The molecule has 1 N–H and O–H groups in total. The SMILES string of the molecule is Cc1ccc(C(O)c2ccccc2OC(F)(F)F)c(C)c1. The zero-order chi connectivity index (χ0) is 15.6. The summed E-state index contributed by atoms with van der Waals surface area (Å²) >= 11 is 0. The molecule has 0 aliphatic rings. The van der Waals surface area contributed by atoms with Crippen molar-refractivity contribution in [2.75, 3.05) is 0 Å². The molecule has 0 amide bonds. The van der Waals surface area contributed by atoms with E-state index in [9.17, 15) is 18.3 Å². The first-order valence-corrected chi connectivity index (χ1v) is 6.38. The van der Waals surface area contributed by atoms with Crippen molar-refractivity contribution in [2.24, 2.45) is 0 Å². The highest BCUT2D eigenvalue weighted by Gasteiger charge is 2.33. The smallest absolute Gasteiger partial charge is 0.405 e. The molecular weight excluding hydrogens is 281 g/mol. The molecule has 0 aliphatic carbocycles. The second-order valence-corrected chi connectivity index (χ2v) is 4.85. The molecule has 0 heterocycles. The number of halogens is 3. The largest absolute Gasteiger partial charge is 0.573 e. The molecule has 0 aromatic heterocycles. The van der Waals surface area contributed by atoms with Gasteiger partial charge in [-0.1, -0.05) is 42.0 Å². The molecule has 2 nitrogen and oxygen atoms in total. The van der Waals surface area contributed by atoms with Gasteiger partial charge in [0.15, 0.2) is 0 Å². The van der Waals surface area contributed by atoms with E-state index in [2.05, 4.69) is 4.74 Å². The Bertz CT molecular complexity index is 636. The van der Waals surface area contributed by atoms with Gasteiger partial charge in [-0.05, 0) is 31.0 Å². The van der Waals surface area contributed by atoms with E-state index in [-0.39, 0.29) is 5.56 Å². The Hall–Kier alpha value is -2.01. The molecule has 2 aromatic carbocycles. The van der Waals surface area contributed by atoms with Gasteiger partial charge in [-0.25, -0.2) is 0 Å². The third-order valence-corrected chi connectivity index (χ3v) is 3.16. The monoisotopic (exact) mass is 296 g/mol. The lowest BCUT2D eigenvalue weighted by Gasteiger charge is -2.19. The molecule has 2 rings (SSSR count). The molecule has 0 bridgehead atoms. The highest BCUT2D eigenvalue weighted by Crippen LogP contribution is 2.34. The normalized spacial score (nSPS) is 13.0. The summed E-state index contributed by atoms with van der Waals surface area (Å²) in [6.07, 6.45) is -5.97. The van der Waals surface area contributed by atoms with Crippen LogP contribution in [0.2, 0.25) is 0 Å². The number of aliphatic hydroxyl groups excluding tert-OH is 1. The first-order chi connectivity index (χ1) is 9.78. The number of hydrogen-bond donors (Lipinski definition) is 1. The molecule has 0 radical (unpaired) electrons. The van der Waals surface area contributed by atoms with Crippen LogP contribution in [-0.4, -0.2) is 11.5 Å². The van der Waals surface area contributed by atoms with Gasteiger partial charge in [-0.15, -0.1) is 13.2 Å². The highest BCUT2D eigenvalue weighted by atomic mass is 19.4. The predicted octanol–water partition coefficient (Wildman–Crippen LogP) is 4.28. The summed E-state index contributed by atoms with van der Waals surface area (Å²) in [4.78, 5) is 0. The molecule has 1 unspecified atom stereocenters. The molecular formula is C16H15F3O2. The van der Waals surface area contributed by atoms with Crippen LogP contribution >= 0.6 is 0 Å². The van der Waals surface area contributed by atoms with Gasteiger partial charge >= 0.3 is 6.36 Å². The zero-order valence-corrected chi connectivity index (χ0v) is 11.6. The number of hydrogen-bond acceptors (Lipinski definition) is 2. The Morgan fingerprint density at radius 2 is 1.67 bits per heavy atom. The lowest BCUT2D eigenvalue weighted by Crippen LogP contribution is -2.19. The standard InChI is InChI=1S/C16H15F3O2/c1-10-7-8-12(11(2)9-10)15(20)13-5-3-4-6-14(13)21-16(17,18)19/h3-9,15,20H,1-2H3. The number of aryl methyl sites for hydroxylation is 2. The van der Waals surface area contributed by atoms with Crippen molar-refractivity contribution in [2.45, 2.75) is 26.3 Å². The molecule has 0 saturated heterocycles. The quantitative estimate of drug-likeness (QED) is 0.916. The van der Waals surface area contributed by atoms with E-state index in [0.717, 1.165) is 11.1 Å². The Morgan fingerprint density at radius 1 is 1.00 bits per heavy atom. The molecule has 5 heteroatoms. The Morgan fingerprint density at radius 3 is 2.29 bits per heavy atom. The van der Waals surface area contributed by atoms with Crippen molar-refractivity contribution in [3.63, 3.8) is 0 Å². The molecule has 0 aliphatic heterocycles. The number of rotatable bonds is 3. The average molecular weight is 296 g/mol. The fraction of sp³-hybridized carbons (Fsp3) is 0.250. The van der Waals surface area contributed by atoms with Gasteiger partial charge in [0.1, 0.15) is 11.9 Å². The van der Waals surface area contributed by atoms with Crippen LogP contribution in [0, 0.1) is 13.8 Å². The number of alkyl halides is 3. The maximum atomic E-state index is 12.4. The van der Waals surface area contributed by atoms with Crippen LogP contribution in [0.4, 0.5) is 13.2 Å². The first kappa shape index (κ1) is 15.4. The van der Waals surface area contributed by atoms with Gasteiger partial charge in [0.2, 0.25) is 0 Å². The van der Waals surface area contributed by atoms with Crippen LogP contribution in [0.15, 0.2) is 42.5 Å². The summed E-state index contributed by atoms with van der Waals surface area (Å²) < 4.78 is 41.2. The van der Waals surface area contributed by atoms with Crippen molar-refractivity contribution in [1.29, 1.82) is 0 Å². The molecule has 0 spiro atoms. The number of benzene rings is 2. The molecule has 112 valence electrons. The van der Waals surface area contributed by atoms with E-state index < -0.39 is 18.2 Å². The third-order valence-electron chi connectivity index (χ3n) is 3.16. The van der Waals surface area contributed by atoms with Gasteiger partial charge in [0.05, 0.1) is 0 Å². The van der Waals surface area contributed by atoms with E-state index in [1.807, 2.05) is 13.0 Å². The van der Waals surface area contributed by atoms with Crippen molar-refractivity contribution in [1.82, 2.24) is 0 Å². The summed E-state index contributed by atoms with van der Waals surface area (Å²) in [6, 6.07) is 11.0. The minimum absolute atomic E-state index is 0.0850. The maximum absolute atomic E-state index is 12.4. The number of para-hydroxylation sites is 1. The van der Waals surface area contributed by atoms with Gasteiger partial charge < -0.3 is 9.84 Å².